The molecule has 2 amide bonds. The van der Waals surface area contributed by atoms with Crippen molar-refractivity contribution in [2.45, 2.75) is 26.9 Å². The number of amides is 2. The standard InChI is InChI=1S/C17H18N2O4S/c1-9-5-4-6-12(10(9)2)17(22)23-11(3)15(21)19-16-13(14(18)20)7-8-24-16/h4-8,11H,1-3H3,(H2,18,20)(H,19,21). The number of hydrogen-bond acceptors (Lipinski definition) is 5. The lowest BCUT2D eigenvalue weighted by atomic mass is 10.0. The van der Waals surface area contributed by atoms with Gasteiger partial charge in [0.15, 0.2) is 6.10 Å². The van der Waals surface area contributed by atoms with E-state index >= 15 is 0 Å². The average Bonchev–Trinajstić information content (AvgIpc) is 2.98. The van der Waals surface area contributed by atoms with E-state index in [-0.39, 0.29) is 5.56 Å². The Kier molecular flexibility index (Phi) is 5.35. The number of ether oxygens (including phenoxy) is 1. The van der Waals surface area contributed by atoms with Crippen LogP contribution in [-0.4, -0.2) is 23.9 Å². The van der Waals surface area contributed by atoms with E-state index in [2.05, 4.69) is 5.32 Å². The quantitative estimate of drug-likeness (QED) is 0.813. The summed E-state index contributed by atoms with van der Waals surface area (Å²) in [5.41, 5.74) is 7.65. The normalized spacial score (nSPS) is 11.6. The third-order valence-electron chi connectivity index (χ3n) is 3.64. The van der Waals surface area contributed by atoms with E-state index < -0.39 is 23.9 Å². The Labute approximate surface area is 143 Å². The van der Waals surface area contributed by atoms with Crippen molar-refractivity contribution >= 4 is 34.1 Å². The fourth-order valence-electron chi connectivity index (χ4n) is 2.06. The molecule has 0 aliphatic rings. The van der Waals surface area contributed by atoms with Crippen molar-refractivity contribution in [1.29, 1.82) is 0 Å². The lowest BCUT2D eigenvalue weighted by molar-refractivity contribution is -0.123. The minimum Gasteiger partial charge on any atom is -0.449 e. The number of hydrogen-bond donors (Lipinski definition) is 2. The van der Waals surface area contributed by atoms with Gasteiger partial charge in [-0.25, -0.2) is 4.79 Å². The maximum atomic E-state index is 12.2. The molecule has 1 heterocycles. The number of thiophene rings is 1. The molecule has 1 atom stereocenters. The summed E-state index contributed by atoms with van der Waals surface area (Å²) < 4.78 is 5.22. The molecule has 24 heavy (non-hydrogen) atoms. The Bertz CT molecular complexity index is 798. The highest BCUT2D eigenvalue weighted by Crippen LogP contribution is 2.23. The Morgan fingerprint density at radius 2 is 1.88 bits per heavy atom. The predicted molar refractivity (Wildman–Crippen MR) is 92.3 cm³/mol. The molecule has 0 aliphatic carbocycles. The van der Waals surface area contributed by atoms with Gasteiger partial charge in [0.1, 0.15) is 5.00 Å². The van der Waals surface area contributed by atoms with Gasteiger partial charge in [-0.2, -0.15) is 0 Å². The first-order valence-electron chi connectivity index (χ1n) is 7.26. The SMILES string of the molecule is Cc1cccc(C(=O)OC(C)C(=O)Nc2sccc2C(N)=O)c1C. The zero-order chi connectivity index (χ0) is 17.9. The zero-order valence-electron chi connectivity index (χ0n) is 13.6. The van der Waals surface area contributed by atoms with Crippen LogP contribution in [0, 0.1) is 13.8 Å². The van der Waals surface area contributed by atoms with E-state index in [4.69, 9.17) is 10.5 Å². The lowest BCUT2D eigenvalue weighted by Gasteiger charge is -2.14. The third-order valence-corrected chi connectivity index (χ3v) is 4.47. The topological polar surface area (TPSA) is 98.5 Å². The smallest absolute Gasteiger partial charge is 0.339 e. The highest BCUT2D eigenvalue weighted by molar-refractivity contribution is 7.14. The summed E-state index contributed by atoms with van der Waals surface area (Å²) in [5, 5.41) is 4.53. The Balaban J connectivity index is 2.06. The first-order valence-corrected chi connectivity index (χ1v) is 8.14. The van der Waals surface area contributed by atoms with Crippen molar-refractivity contribution in [3.63, 3.8) is 0 Å². The van der Waals surface area contributed by atoms with Crippen LogP contribution in [0.1, 0.15) is 38.8 Å². The monoisotopic (exact) mass is 346 g/mol. The largest absolute Gasteiger partial charge is 0.449 e. The Morgan fingerprint density at radius 3 is 2.54 bits per heavy atom. The average molecular weight is 346 g/mol. The fourth-order valence-corrected chi connectivity index (χ4v) is 2.86. The Hall–Kier alpha value is -2.67. The molecule has 6 nitrogen and oxygen atoms in total. The molecule has 2 rings (SSSR count). The van der Waals surface area contributed by atoms with Crippen molar-refractivity contribution in [3.8, 4) is 0 Å². The van der Waals surface area contributed by atoms with E-state index in [1.54, 1.807) is 17.5 Å². The number of carbonyl (C=O) groups is 3. The number of primary amides is 1. The molecule has 1 aromatic carbocycles. The summed E-state index contributed by atoms with van der Waals surface area (Å²) in [7, 11) is 0. The number of nitrogens with one attached hydrogen (secondary N) is 1. The van der Waals surface area contributed by atoms with Gasteiger partial charge in [0.25, 0.3) is 11.8 Å². The van der Waals surface area contributed by atoms with E-state index in [0.717, 1.165) is 11.1 Å². The van der Waals surface area contributed by atoms with Crippen molar-refractivity contribution in [3.05, 3.63) is 51.9 Å². The number of anilines is 1. The highest BCUT2D eigenvalue weighted by atomic mass is 32.1. The van der Waals surface area contributed by atoms with Gasteiger partial charge in [0.05, 0.1) is 11.1 Å². The van der Waals surface area contributed by atoms with Crippen LogP contribution in [0.25, 0.3) is 0 Å². The first-order chi connectivity index (χ1) is 11.3. The number of carbonyl (C=O) groups excluding carboxylic acids is 3. The molecular formula is C17H18N2O4S. The van der Waals surface area contributed by atoms with Gasteiger partial charge in [0, 0.05) is 0 Å². The number of rotatable bonds is 5. The molecule has 0 spiro atoms. The van der Waals surface area contributed by atoms with Crippen molar-refractivity contribution < 1.29 is 19.1 Å². The molecule has 7 heteroatoms. The van der Waals surface area contributed by atoms with Crippen LogP contribution >= 0.6 is 11.3 Å². The van der Waals surface area contributed by atoms with E-state index in [1.807, 2.05) is 19.9 Å². The first kappa shape index (κ1) is 17.7. The van der Waals surface area contributed by atoms with Crippen LogP contribution in [-0.2, 0) is 9.53 Å². The van der Waals surface area contributed by atoms with E-state index in [1.165, 1.54) is 24.3 Å². The fraction of sp³-hybridized carbons (Fsp3) is 0.235. The molecule has 0 aliphatic heterocycles. The predicted octanol–water partition coefficient (Wildman–Crippen LogP) is 2.65. The second kappa shape index (κ2) is 7.27. The molecule has 1 unspecified atom stereocenters. The molecule has 126 valence electrons. The van der Waals surface area contributed by atoms with Gasteiger partial charge in [-0.3, -0.25) is 9.59 Å². The molecule has 0 saturated heterocycles. The van der Waals surface area contributed by atoms with Gasteiger partial charge in [0.2, 0.25) is 0 Å². The number of nitrogens with two attached hydrogens (primary N) is 1. The van der Waals surface area contributed by atoms with Gasteiger partial charge >= 0.3 is 5.97 Å². The number of benzene rings is 1. The van der Waals surface area contributed by atoms with Crippen LogP contribution in [0.2, 0.25) is 0 Å². The van der Waals surface area contributed by atoms with Gasteiger partial charge in [-0.15, -0.1) is 11.3 Å². The van der Waals surface area contributed by atoms with Gasteiger partial charge in [-0.05, 0) is 49.4 Å². The molecule has 0 fully saturated rings. The summed E-state index contributed by atoms with van der Waals surface area (Å²) in [5.74, 6) is -1.73. The Morgan fingerprint density at radius 1 is 1.17 bits per heavy atom. The minimum atomic E-state index is -1.01. The summed E-state index contributed by atoms with van der Waals surface area (Å²) in [4.78, 5) is 35.7. The molecule has 0 saturated carbocycles. The van der Waals surface area contributed by atoms with Crippen LogP contribution in [0.15, 0.2) is 29.6 Å². The molecule has 1 aromatic heterocycles. The zero-order valence-corrected chi connectivity index (χ0v) is 14.4. The maximum Gasteiger partial charge on any atom is 0.339 e. The van der Waals surface area contributed by atoms with Gasteiger partial charge in [-0.1, -0.05) is 12.1 Å². The van der Waals surface area contributed by atoms with E-state index in [9.17, 15) is 14.4 Å². The van der Waals surface area contributed by atoms with Crippen LogP contribution in [0.3, 0.4) is 0 Å². The molecular weight excluding hydrogens is 328 g/mol. The van der Waals surface area contributed by atoms with E-state index in [0.29, 0.717) is 10.6 Å². The third kappa shape index (κ3) is 3.80. The van der Waals surface area contributed by atoms with Crippen molar-refractivity contribution in [1.82, 2.24) is 0 Å². The summed E-state index contributed by atoms with van der Waals surface area (Å²) in [6, 6.07) is 6.83. The van der Waals surface area contributed by atoms with Crippen molar-refractivity contribution in [2.75, 3.05) is 5.32 Å². The molecule has 2 aromatic rings. The summed E-state index contributed by atoms with van der Waals surface area (Å²) >= 11 is 1.17. The molecule has 0 radical (unpaired) electrons. The highest BCUT2D eigenvalue weighted by Gasteiger charge is 2.22. The van der Waals surface area contributed by atoms with Crippen LogP contribution in [0.5, 0.6) is 0 Å². The summed E-state index contributed by atoms with van der Waals surface area (Å²) in [6.07, 6.45) is -1.01. The lowest BCUT2D eigenvalue weighted by Crippen LogP contribution is -2.30. The second-order valence-corrected chi connectivity index (χ2v) is 6.23. The minimum absolute atomic E-state index is 0.224. The molecule has 0 bridgehead atoms. The van der Waals surface area contributed by atoms with Crippen LogP contribution < -0.4 is 11.1 Å². The molecule has 3 N–H and O–H groups in total. The summed E-state index contributed by atoms with van der Waals surface area (Å²) in [6.45, 7) is 5.18. The second-order valence-electron chi connectivity index (χ2n) is 5.31. The number of esters is 1. The maximum absolute atomic E-state index is 12.2. The van der Waals surface area contributed by atoms with Crippen molar-refractivity contribution in [2.24, 2.45) is 5.73 Å². The number of aryl methyl sites for hydroxylation is 1. The van der Waals surface area contributed by atoms with Crippen LogP contribution in [0.4, 0.5) is 5.00 Å². The van der Waals surface area contributed by atoms with Gasteiger partial charge < -0.3 is 15.8 Å².